The highest BCUT2D eigenvalue weighted by atomic mass is 35.5. The van der Waals surface area contributed by atoms with Gasteiger partial charge in [-0.15, -0.1) is 0 Å². The van der Waals surface area contributed by atoms with Crippen LogP contribution in [0.4, 0.5) is 0 Å². The van der Waals surface area contributed by atoms with Crippen LogP contribution < -0.4 is 0 Å². The molecule has 1 aromatic carbocycles. The Hall–Kier alpha value is -1.49. The summed E-state index contributed by atoms with van der Waals surface area (Å²) in [5.41, 5.74) is 4.21. The Morgan fingerprint density at radius 3 is 2.84 bits per heavy atom. The molecule has 1 atom stereocenters. The highest BCUT2D eigenvalue weighted by Crippen LogP contribution is 2.31. The first-order chi connectivity index (χ1) is 11.8. The van der Waals surface area contributed by atoms with Crippen LogP contribution in [0.2, 0.25) is 11.3 Å². The van der Waals surface area contributed by atoms with Gasteiger partial charge in [-0.3, -0.25) is 0 Å². The Bertz CT molecular complexity index is 694. The van der Waals surface area contributed by atoms with Crippen molar-refractivity contribution < 1.29 is 14.8 Å². The van der Waals surface area contributed by atoms with Crippen molar-refractivity contribution in [1.29, 1.82) is 0 Å². The summed E-state index contributed by atoms with van der Waals surface area (Å²) in [5, 5.41) is 19.8. The summed E-state index contributed by atoms with van der Waals surface area (Å²) in [6.45, 7) is 10.5. The van der Waals surface area contributed by atoms with Gasteiger partial charge < -0.3 is 14.8 Å². The Morgan fingerprint density at radius 1 is 1.48 bits per heavy atom. The van der Waals surface area contributed by atoms with Crippen LogP contribution in [-0.4, -0.2) is 23.4 Å². The van der Waals surface area contributed by atoms with Gasteiger partial charge in [-0.25, -0.2) is 0 Å². The maximum Gasteiger partial charge on any atom is 0.458 e. The van der Waals surface area contributed by atoms with Gasteiger partial charge in [-0.05, 0) is 60.6 Å². The van der Waals surface area contributed by atoms with Crippen molar-refractivity contribution >= 4 is 24.8 Å². The molecule has 0 bridgehead atoms. The third kappa shape index (κ3) is 5.50. The zero-order chi connectivity index (χ0) is 18.6. The second-order valence-corrected chi connectivity index (χ2v) is 7.30. The lowest BCUT2D eigenvalue weighted by atomic mass is 9.76. The Morgan fingerprint density at radius 2 is 2.20 bits per heavy atom. The van der Waals surface area contributed by atoms with Crippen molar-refractivity contribution in [1.82, 2.24) is 0 Å². The molecule has 0 amide bonds. The summed E-state index contributed by atoms with van der Waals surface area (Å²) in [6, 6.07) is 4.96. The van der Waals surface area contributed by atoms with E-state index in [1.165, 1.54) is 6.07 Å². The molecule has 25 heavy (non-hydrogen) atoms. The summed E-state index contributed by atoms with van der Waals surface area (Å²) in [4.78, 5) is 0. The van der Waals surface area contributed by atoms with E-state index in [1.807, 2.05) is 13.0 Å². The lowest BCUT2D eigenvalue weighted by molar-refractivity contribution is 0.182. The quantitative estimate of drug-likeness (QED) is 0.681. The van der Waals surface area contributed by atoms with Crippen molar-refractivity contribution in [3.63, 3.8) is 0 Å². The molecule has 1 heterocycles. The second kappa shape index (κ2) is 8.75. The van der Waals surface area contributed by atoms with E-state index in [0.29, 0.717) is 17.3 Å². The zero-order valence-corrected chi connectivity index (χ0v) is 15.9. The monoisotopic (exact) mass is 360 g/mol. The minimum Gasteiger partial charge on any atom is -0.508 e. The van der Waals surface area contributed by atoms with Crippen LogP contribution in [0.25, 0.3) is 6.08 Å². The normalized spacial score (nSPS) is 18.5. The van der Waals surface area contributed by atoms with Crippen molar-refractivity contribution in [2.45, 2.75) is 46.0 Å². The third-order valence-corrected chi connectivity index (χ3v) is 4.79. The summed E-state index contributed by atoms with van der Waals surface area (Å²) in [5.74, 6) is 0.506. The summed E-state index contributed by atoms with van der Waals surface area (Å²) >= 11 is 6.16. The molecule has 0 aliphatic carbocycles. The number of aromatic hydroxyl groups is 1. The highest BCUT2D eigenvalue weighted by molar-refractivity contribution is 6.43. The Labute approximate surface area is 155 Å². The van der Waals surface area contributed by atoms with E-state index >= 15 is 0 Å². The topological polar surface area (TPSA) is 49.7 Å². The van der Waals surface area contributed by atoms with E-state index in [1.54, 1.807) is 12.1 Å². The molecule has 1 aliphatic rings. The lowest BCUT2D eigenvalue weighted by Gasteiger charge is -2.29. The van der Waals surface area contributed by atoms with Crippen LogP contribution in [0, 0.1) is 5.92 Å². The molecule has 0 saturated heterocycles. The molecule has 5 heteroatoms. The SMILES string of the molecule is C=C(C1=CCB(O)OC1CC/C(C)=C/c1ccc(O)cc1Cl)C(C)C. The molecule has 0 saturated carbocycles. The predicted octanol–water partition coefficient (Wildman–Crippen LogP) is 5.25. The van der Waals surface area contributed by atoms with Crippen LogP contribution in [0.15, 0.2) is 47.6 Å². The zero-order valence-electron chi connectivity index (χ0n) is 15.1. The fraction of sp³-hybridized carbons (Fsp3) is 0.400. The molecular formula is C20H26BClO3. The van der Waals surface area contributed by atoms with E-state index in [4.69, 9.17) is 16.3 Å². The van der Waals surface area contributed by atoms with E-state index in [9.17, 15) is 10.1 Å². The van der Waals surface area contributed by atoms with E-state index in [0.717, 1.165) is 35.1 Å². The summed E-state index contributed by atoms with van der Waals surface area (Å²) in [7, 11) is -0.746. The van der Waals surface area contributed by atoms with Gasteiger partial charge in [0.05, 0.1) is 11.1 Å². The number of hydrogen-bond donors (Lipinski definition) is 2. The van der Waals surface area contributed by atoms with Gasteiger partial charge in [0.15, 0.2) is 0 Å². The standard InChI is InChI=1S/C20H26BClO3/c1-13(2)15(4)18-9-10-21(24)25-20(18)8-5-14(3)11-16-6-7-17(23)12-19(16)22/h6-7,9,11-13,20,23-24H,4-5,8,10H2,1-3H3/b14-11+. The number of allylic oxidation sites excluding steroid dienone is 2. The number of hydrogen-bond acceptors (Lipinski definition) is 3. The van der Waals surface area contributed by atoms with E-state index in [2.05, 4.69) is 26.5 Å². The molecule has 1 aliphatic heterocycles. The number of phenols is 1. The molecule has 1 aromatic rings. The molecular weight excluding hydrogens is 334 g/mol. The van der Waals surface area contributed by atoms with Crippen LogP contribution in [-0.2, 0) is 4.65 Å². The van der Waals surface area contributed by atoms with E-state index in [-0.39, 0.29) is 11.9 Å². The fourth-order valence-corrected chi connectivity index (χ4v) is 3.13. The van der Waals surface area contributed by atoms with Crippen molar-refractivity contribution in [2.24, 2.45) is 5.92 Å². The van der Waals surface area contributed by atoms with Crippen molar-refractivity contribution in [3.8, 4) is 5.75 Å². The second-order valence-electron chi connectivity index (χ2n) is 6.89. The van der Waals surface area contributed by atoms with Crippen molar-refractivity contribution in [2.75, 3.05) is 0 Å². The van der Waals surface area contributed by atoms with Gasteiger partial charge in [0.1, 0.15) is 5.75 Å². The molecule has 0 spiro atoms. The minimum absolute atomic E-state index is 0.141. The number of rotatable bonds is 6. The average Bonchev–Trinajstić information content (AvgIpc) is 2.55. The number of phenolic OH excluding ortho intramolecular Hbond substituents is 1. The molecule has 0 fully saturated rings. The fourth-order valence-electron chi connectivity index (χ4n) is 2.90. The molecule has 2 N–H and O–H groups in total. The highest BCUT2D eigenvalue weighted by Gasteiger charge is 2.28. The van der Waals surface area contributed by atoms with E-state index < -0.39 is 7.12 Å². The van der Waals surface area contributed by atoms with Crippen LogP contribution in [0.1, 0.15) is 39.2 Å². The van der Waals surface area contributed by atoms with Gasteiger partial charge in [-0.2, -0.15) is 0 Å². The summed E-state index contributed by atoms with van der Waals surface area (Å²) < 4.78 is 5.75. The first-order valence-electron chi connectivity index (χ1n) is 8.66. The van der Waals surface area contributed by atoms with Crippen LogP contribution in [0.3, 0.4) is 0 Å². The van der Waals surface area contributed by atoms with Crippen molar-refractivity contribution in [3.05, 3.63) is 58.2 Å². The smallest absolute Gasteiger partial charge is 0.458 e. The van der Waals surface area contributed by atoms with Gasteiger partial charge in [-0.1, -0.05) is 49.8 Å². The molecule has 134 valence electrons. The largest absolute Gasteiger partial charge is 0.508 e. The van der Waals surface area contributed by atoms with Gasteiger partial charge in [0, 0.05) is 6.32 Å². The molecule has 3 nitrogen and oxygen atoms in total. The number of benzene rings is 1. The maximum absolute atomic E-state index is 9.83. The third-order valence-electron chi connectivity index (χ3n) is 4.46. The number of halogens is 1. The summed E-state index contributed by atoms with van der Waals surface area (Å²) in [6.07, 6.45) is 6.02. The first kappa shape index (κ1) is 19.8. The molecule has 1 unspecified atom stereocenters. The minimum atomic E-state index is -0.746. The molecule has 0 radical (unpaired) electrons. The van der Waals surface area contributed by atoms with Crippen LogP contribution >= 0.6 is 11.6 Å². The first-order valence-corrected chi connectivity index (χ1v) is 9.04. The molecule has 2 rings (SSSR count). The van der Waals surface area contributed by atoms with Gasteiger partial charge in [0.2, 0.25) is 0 Å². The average molecular weight is 361 g/mol. The molecule has 0 aromatic heterocycles. The Kier molecular flexibility index (Phi) is 6.94. The maximum atomic E-state index is 9.83. The van der Waals surface area contributed by atoms with Crippen LogP contribution in [0.5, 0.6) is 5.75 Å². The van der Waals surface area contributed by atoms with Gasteiger partial charge in [0.25, 0.3) is 0 Å². The lowest BCUT2D eigenvalue weighted by Crippen LogP contribution is -2.32. The Balaban J connectivity index is 2.07. The predicted molar refractivity (Wildman–Crippen MR) is 106 cm³/mol. The van der Waals surface area contributed by atoms with Gasteiger partial charge >= 0.3 is 7.12 Å².